The summed E-state index contributed by atoms with van der Waals surface area (Å²) in [6.07, 6.45) is 8.10. The van der Waals surface area contributed by atoms with E-state index in [-0.39, 0.29) is 6.04 Å². The maximum Gasteiger partial charge on any atom is 0.313 e. The highest BCUT2D eigenvalue weighted by Crippen LogP contribution is 2.26. The van der Waals surface area contributed by atoms with Crippen LogP contribution in [-0.2, 0) is 9.59 Å². The van der Waals surface area contributed by atoms with Crippen molar-refractivity contribution in [2.75, 3.05) is 24.7 Å². The average molecular weight is 347 g/mol. The molecule has 0 spiro atoms. The molecule has 2 fully saturated rings. The Hall–Kier alpha value is -1.53. The molecule has 6 heteroatoms. The fraction of sp³-hybridized carbons (Fsp3) is 0.556. The normalized spacial score (nSPS) is 21.8. The van der Waals surface area contributed by atoms with E-state index in [0.717, 1.165) is 24.4 Å². The molecule has 0 aromatic heterocycles. The smallest absolute Gasteiger partial charge is 0.313 e. The lowest BCUT2D eigenvalue weighted by molar-refractivity contribution is -0.136. The summed E-state index contributed by atoms with van der Waals surface area (Å²) < 4.78 is 0. The molecule has 2 amide bonds. The SMILES string of the molecule is CSc1ccc(NC(=O)C(=O)N[C@H]2CCN(C3CCCC3)C2)cc1. The minimum atomic E-state index is -0.591. The van der Waals surface area contributed by atoms with Gasteiger partial charge in [-0.1, -0.05) is 12.8 Å². The van der Waals surface area contributed by atoms with Crippen LogP contribution in [0.5, 0.6) is 0 Å². The second-order valence-electron chi connectivity index (χ2n) is 6.57. The van der Waals surface area contributed by atoms with Gasteiger partial charge in [0, 0.05) is 35.8 Å². The van der Waals surface area contributed by atoms with Crippen molar-refractivity contribution in [3.05, 3.63) is 24.3 Å². The predicted molar refractivity (Wildman–Crippen MR) is 97.2 cm³/mol. The Morgan fingerprint density at radius 1 is 1.08 bits per heavy atom. The minimum absolute atomic E-state index is 0.0858. The number of thioether (sulfide) groups is 1. The predicted octanol–water partition coefficient (Wildman–Crippen LogP) is 2.48. The van der Waals surface area contributed by atoms with Gasteiger partial charge in [0.05, 0.1) is 0 Å². The van der Waals surface area contributed by atoms with E-state index in [1.54, 1.807) is 11.8 Å². The number of carbonyl (C=O) groups excluding carboxylic acids is 2. The van der Waals surface area contributed by atoms with Crippen LogP contribution in [0.2, 0.25) is 0 Å². The van der Waals surface area contributed by atoms with Crippen molar-refractivity contribution in [3.8, 4) is 0 Å². The number of nitrogens with zero attached hydrogens (tertiary/aromatic N) is 1. The first-order valence-corrected chi connectivity index (χ1v) is 9.88. The molecule has 0 bridgehead atoms. The van der Waals surface area contributed by atoms with E-state index in [4.69, 9.17) is 0 Å². The summed E-state index contributed by atoms with van der Waals surface area (Å²) in [5.74, 6) is -1.13. The van der Waals surface area contributed by atoms with Crippen LogP contribution in [0, 0.1) is 0 Å². The molecular formula is C18H25N3O2S. The maximum atomic E-state index is 12.1. The molecule has 1 aliphatic carbocycles. The number of likely N-dealkylation sites (tertiary alicyclic amines) is 1. The van der Waals surface area contributed by atoms with Gasteiger partial charge in [0.2, 0.25) is 0 Å². The molecular weight excluding hydrogens is 322 g/mol. The third-order valence-electron chi connectivity index (χ3n) is 4.95. The molecule has 130 valence electrons. The Balaban J connectivity index is 1.46. The zero-order chi connectivity index (χ0) is 16.9. The molecule has 0 radical (unpaired) electrons. The topological polar surface area (TPSA) is 61.4 Å². The maximum absolute atomic E-state index is 12.1. The van der Waals surface area contributed by atoms with Crippen molar-refractivity contribution in [3.63, 3.8) is 0 Å². The molecule has 5 nitrogen and oxygen atoms in total. The van der Waals surface area contributed by atoms with Gasteiger partial charge in [-0.15, -0.1) is 11.8 Å². The largest absolute Gasteiger partial charge is 0.344 e. The van der Waals surface area contributed by atoms with Crippen LogP contribution < -0.4 is 10.6 Å². The summed E-state index contributed by atoms with van der Waals surface area (Å²) in [7, 11) is 0. The number of hydrogen-bond donors (Lipinski definition) is 2. The summed E-state index contributed by atoms with van der Waals surface area (Å²) in [5.41, 5.74) is 0.645. The second kappa shape index (κ2) is 8.03. The average Bonchev–Trinajstić information content (AvgIpc) is 3.26. The van der Waals surface area contributed by atoms with E-state index in [2.05, 4.69) is 15.5 Å². The number of anilines is 1. The monoisotopic (exact) mass is 347 g/mol. The number of hydrogen-bond acceptors (Lipinski definition) is 4. The van der Waals surface area contributed by atoms with Crippen LogP contribution in [0.1, 0.15) is 32.1 Å². The standard InChI is InChI=1S/C18H25N3O2S/c1-24-16-8-6-13(7-9-16)19-17(22)18(23)20-14-10-11-21(12-14)15-4-2-3-5-15/h6-9,14-15H,2-5,10-12H2,1H3,(H,19,22)(H,20,23)/t14-/m0/s1. The molecule has 2 N–H and O–H groups in total. The van der Waals surface area contributed by atoms with Crippen LogP contribution in [-0.4, -0.2) is 48.1 Å². The van der Waals surface area contributed by atoms with Gasteiger partial charge < -0.3 is 10.6 Å². The van der Waals surface area contributed by atoms with Gasteiger partial charge in [-0.2, -0.15) is 0 Å². The summed E-state index contributed by atoms with van der Waals surface area (Å²) in [5, 5.41) is 5.54. The quantitative estimate of drug-likeness (QED) is 0.649. The summed E-state index contributed by atoms with van der Waals surface area (Å²) >= 11 is 1.64. The van der Waals surface area contributed by atoms with Gasteiger partial charge in [-0.05, 0) is 49.8 Å². The van der Waals surface area contributed by atoms with E-state index in [9.17, 15) is 9.59 Å². The lowest BCUT2D eigenvalue weighted by atomic mass is 10.2. The Kier molecular flexibility index (Phi) is 5.79. The highest BCUT2D eigenvalue weighted by Gasteiger charge is 2.31. The molecule has 1 aromatic carbocycles. The van der Waals surface area contributed by atoms with Crippen molar-refractivity contribution >= 4 is 29.3 Å². The Morgan fingerprint density at radius 3 is 2.46 bits per heavy atom. The molecule has 2 aliphatic rings. The Labute approximate surface area is 147 Å². The molecule has 0 unspecified atom stereocenters. The molecule has 1 saturated carbocycles. The van der Waals surface area contributed by atoms with Crippen molar-refractivity contribution < 1.29 is 9.59 Å². The Bertz CT molecular complexity index is 584. The molecule has 3 rings (SSSR count). The second-order valence-corrected chi connectivity index (χ2v) is 7.45. The molecule has 1 aromatic rings. The highest BCUT2D eigenvalue weighted by atomic mass is 32.2. The van der Waals surface area contributed by atoms with Crippen molar-refractivity contribution in [1.29, 1.82) is 0 Å². The number of benzene rings is 1. The van der Waals surface area contributed by atoms with Gasteiger partial charge in [0.15, 0.2) is 0 Å². The number of carbonyl (C=O) groups is 2. The number of amides is 2. The van der Waals surface area contributed by atoms with Gasteiger partial charge in [0.1, 0.15) is 0 Å². The summed E-state index contributed by atoms with van der Waals surface area (Å²) in [6.45, 7) is 1.89. The zero-order valence-corrected chi connectivity index (χ0v) is 14.9. The van der Waals surface area contributed by atoms with Crippen molar-refractivity contribution in [2.45, 2.75) is 49.1 Å². The first-order chi connectivity index (χ1) is 11.7. The highest BCUT2D eigenvalue weighted by molar-refractivity contribution is 7.98. The first kappa shape index (κ1) is 17.3. The minimum Gasteiger partial charge on any atom is -0.344 e. The van der Waals surface area contributed by atoms with E-state index in [1.165, 1.54) is 25.7 Å². The van der Waals surface area contributed by atoms with E-state index in [1.807, 2.05) is 30.5 Å². The van der Waals surface area contributed by atoms with Crippen LogP contribution in [0.4, 0.5) is 5.69 Å². The fourth-order valence-corrected chi connectivity index (χ4v) is 4.03. The van der Waals surface area contributed by atoms with E-state index in [0.29, 0.717) is 11.7 Å². The van der Waals surface area contributed by atoms with Gasteiger partial charge in [-0.3, -0.25) is 14.5 Å². The molecule has 24 heavy (non-hydrogen) atoms. The lowest BCUT2D eigenvalue weighted by Crippen LogP contribution is -2.43. The molecule has 1 atom stereocenters. The molecule has 1 aliphatic heterocycles. The number of nitrogens with one attached hydrogen (secondary N) is 2. The molecule has 1 saturated heterocycles. The summed E-state index contributed by atoms with van der Waals surface area (Å²) in [6, 6.07) is 8.24. The van der Waals surface area contributed by atoms with Gasteiger partial charge in [0.25, 0.3) is 0 Å². The van der Waals surface area contributed by atoms with Crippen LogP contribution in [0.25, 0.3) is 0 Å². The zero-order valence-electron chi connectivity index (χ0n) is 14.1. The van der Waals surface area contributed by atoms with Gasteiger partial charge in [-0.25, -0.2) is 0 Å². The van der Waals surface area contributed by atoms with E-state index >= 15 is 0 Å². The molecule has 1 heterocycles. The third-order valence-corrected chi connectivity index (χ3v) is 5.69. The fourth-order valence-electron chi connectivity index (χ4n) is 3.62. The first-order valence-electron chi connectivity index (χ1n) is 8.65. The van der Waals surface area contributed by atoms with Crippen LogP contribution in [0.3, 0.4) is 0 Å². The van der Waals surface area contributed by atoms with Crippen LogP contribution in [0.15, 0.2) is 29.2 Å². The van der Waals surface area contributed by atoms with Gasteiger partial charge >= 0.3 is 11.8 Å². The Morgan fingerprint density at radius 2 is 1.79 bits per heavy atom. The van der Waals surface area contributed by atoms with Crippen molar-refractivity contribution in [1.82, 2.24) is 10.2 Å². The van der Waals surface area contributed by atoms with E-state index < -0.39 is 11.8 Å². The van der Waals surface area contributed by atoms with Crippen molar-refractivity contribution in [2.24, 2.45) is 0 Å². The third kappa shape index (κ3) is 4.30. The van der Waals surface area contributed by atoms with Crippen LogP contribution >= 0.6 is 11.8 Å². The lowest BCUT2D eigenvalue weighted by Gasteiger charge is -2.23. The number of rotatable bonds is 4. The summed E-state index contributed by atoms with van der Waals surface area (Å²) in [4.78, 5) is 27.7.